The summed E-state index contributed by atoms with van der Waals surface area (Å²) in [6, 6.07) is 0. The molecule has 1 N–H and O–H groups in total. The van der Waals surface area contributed by atoms with Crippen LogP contribution in [0.15, 0.2) is 59.2 Å². The van der Waals surface area contributed by atoms with E-state index in [1.165, 1.54) is 6.08 Å². The van der Waals surface area contributed by atoms with Gasteiger partial charge in [0.1, 0.15) is 5.76 Å². The van der Waals surface area contributed by atoms with E-state index in [0.717, 1.165) is 12.0 Å². The van der Waals surface area contributed by atoms with Crippen LogP contribution in [0, 0.1) is 0 Å². The summed E-state index contributed by atoms with van der Waals surface area (Å²) >= 11 is 11.7. The summed E-state index contributed by atoms with van der Waals surface area (Å²) in [5.41, 5.74) is 0.770. The van der Waals surface area contributed by atoms with Crippen LogP contribution >= 0.6 is 23.2 Å². The highest BCUT2D eigenvalue weighted by molar-refractivity contribution is 6.29. The van der Waals surface area contributed by atoms with Crippen LogP contribution in [0.3, 0.4) is 0 Å². The minimum Gasteiger partial charge on any atom is -0.479 e. The van der Waals surface area contributed by atoms with Crippen molar-refractivity contribution in [2.45, 2.75) is 39.7 Å². The normalized spacial score (nSPS) is 15.0. The Morgan fingerprint density at radius 2 is 2.08 bits per heavy atom. The molecule has 0 aliphatic rings. The van der Waals surface area contributed by atoms with E-state index < -0.39 is 6.10 Å². The van der Waals surface area contributed by atoms with Crippen molar-refractivity contribution in [1.82, 2.24) is 5.32 Å². The lowest BCUT2D eigenvalue weighted by Gasteiger charge is -2.19. The zero-order valence-electron chi connectivity index (χ0n) is 14.9. The number of carbonyl (C=O) groups is 1. The van der Waals surface area contributed by atoms with Crippen molar-refractivity contribution in [1.29, 1.82) is 0 Å². The van der Waals surface area contributed by atoms with Gasteiger partial charge in [0.2, 0.25) is 0 Å². The molecule has 0 aromatic rings. The number of amides is 1. The van der Waals surface area contributed by atoms with Gasteiger partial charge in [0.05, 0.1) is 11.4 Å². The summed E-state index contributed by atoms with van der Waals surface area (Å²) in [5, 5.41) is 3.25. The summed E-state index contributed by atoms with van der Waals surface area (Å²) in [4.78, 5) is 12.5. The number of rotatable bonds is 11. The molecular weight excluding hydrogens is 364 g/mol. The van der Waals surface area contributed by atoms with Crippen LogP contribution in [-0.2, 0) is 9.53 Å². The minimum absolute atomic E-state index is 0.254. The predicted octanol–water partition coefficient (Wildman–Crippen LogP) is 5.54. The lowest BCUT2D eigenvalue weighted by Crippen LogP contribution is -2.37. The zero-order chi connectivity index (χ0) is 19.1. The van der Waals surface area contributed by atoms with E-state index in [1.807, 2.05) is 19.9 Å². The third-order valence-electron chi connectivity index (χ3n) is 3.04. The van der Waals surface area contributed by atoms with Gasteiger partial charge in [-0.1, -0.05) is 49.2 Å². The molecule has 3 nitrogen and oxygen atoms in total. The Balaban J connectivity index is 5.04. The summed E-state index contributed by atoms with van der Waals surface area (Å²) < 4.78 is 17.9. The third-order valence-corrected chi connectivity index (χ3v) is 3.41. The Morgan fingerprint density at radius 3 is 2.60 bits per heavy atom. The molecule has 0 saturated heterocycles. The van der Waals surface area contributed by atoms with Crippen molar-refractivity contribution in [3.05, 3.63) is 59.2 Å². The standard InChI is InChI=1S/C19H26Cl2FNO2/c1-4-8-16(10-7-13-22)14-23-19(24)18(9-5-2)25-17(15(3)21)11-6-12-20/h4,6-8,10-11,13,18H,5,9,12,14H2,1-3H3,(H,23,24)/b8-4-,11-6-,13-7+,16-10+,17-15-. The van der Waals surface area contributed by atoms with Crippen molar-refractivity contribution >= 4 is 29.1 Å². The summed E-state index contributed by atoms with van der Waals surface area (Å²) in [5.74, 6) is 0.484. The fraction of sp³-hybridized carbons (Fsp3) is 0.421. The van der Waals surface area contributed by atoms with Gasteiger partial charge in [-0.05, 0) is 38.0 Å². The second kappa shape index (κ2) is 14.8. The first-order valence-electron chi connectivity index (χ1n) is 8.11. The van der Waals surface area contributed by atoms with Gasteiger partial charge in [0.25, 0.3) is 5.91 Å². The first kappa shape index (κ1) is 23.5. The van der Waals surface area contributed by atoms with Gasteiger partial charge in [0, 0.05) is 12.4 Å². The van der Waals surface area contributed by atoms with Crippen LogP contribution in [0.2, 0.25) is 0 Å². The average Bonchev–Trinajstić information content (AvgIpc) is 2.59. The molecule has 0 spiro atoms. The van der Waals surface area contributed by atoms with Crippen molar-refractivity contribution in [2.24, 2.45) is 0 Å². The molecule has 6 heteroatoms. The maximum atomic E-state index is 12.5. The fourth-order valence-corrected chi connectivity index (χ4v) is 2.09. The molecular formula is C19H26Cl2FNO2. The Bertz CT molecular complexity index is 548. The second-order valence-corrected chi connectivity index (χ2v) is 6.00. The minimum atomic E-state index is -0.669. The molecule has 25 heavy (non-hydrogen) atoms. The van der Waals surface area contributed by atoms with Gasteiger partial charge < -0.3 is 10.1 Å². The third kappa shape index (κ3) is 10.8. The van der Waals surface area contributed by atoms with Gasteiger partial charge >= 0.3 is 0 Å². The highest BCUT2D eigenvalue weighted by Gasteiger charge is 2.20. The Hall–Kier alpha value is -1.52. The van der Waals surface area contributed by atoms with E-state index in [1.54, 1.807) is 31.2 Å². The number of halogens is 3. The van der Waals surface area contributed by atoms with E-state index in [4.69, 9.17) is 27.9 Å². The van der Waals surface area contributed by atoms with E-state index in [-0.39, 0.29) is 12.5 Å². The summed E-state index contributed by atoms with van der Waals surface area (Å²) in [6.07, 6.45) is 10.9. The quantitative estimate of drug-likeness (QED) is 0.286. The molecule has 0 aromatic carbocycles. The molecule has 1 unspecified atom stereocenters. The van der Waals surface area contributed by atoms with Crippen LogP contribution in [0.1, 0.15) is 33.6 Å². The molecule has 0 heterocycles. The largest absolute Gasteiger partial charge is 0.479 e. The Labute approximate surface area is 159 Å². The molecule has 140 valence electrons. The van der Waals surface area contributed by atoms with Crippen molar-refractivity contribution in [3.63, 3.8) is 0 Å². The van der Waals surface area contributed by atoms with Gasteiger partial charge in [0.15, 0.2) is 6.10 Å². The monoisotopic (exact) mass is 389 g/mol. The molecule has 0 saturated carbocycles. The maximum absolute atomic E-state index is 12.5. The topological polar surface area (TPSA) is 38.3 Å². The number of allylic oxidation sites excluding steroid dienone is 6. The van der Waals surface area contributed by atoms with Crippen LogP contribution in [0.25, 0.3) is 0 Å². The molecule has 1 amide bonds. The molecule has 0 rings (SSSR count). The lowest BCUT2D eigenvalue weighted by atomic mass is 10.1. The fourth-order valence-electron chi connectivity index (χ4n) is 1.90. The van der Waals surface area contributed by atoms with Crippen molar-refractivity contribution in [3.8, 4) is 0 Å². The molecule has 0 radical (unpaired) electrons. The van der Waals surface area contributed by atoms with Crippen LogP contribution in [0.4, 0.5) is 4.39 Å². The van der Waals surface area contributed by atoms with Gasteiger partial charge in [-0.25, -0.2) is 4.39 Å². The zero-order valence-corrected chi connectivity index (χ0v) is 16.4. The first-order chi connectivity index (χ1) is 12.0. The second-order valence-electron chi connectivity index (χ2n) is 5.13. The van der Waals surface area contributed by atoms with Crippen molar-refractivity contribution in [2.75, 3.05) is 12.4 Å². The van der Waals surface area contributed by atoms with E-state index in [9.17, 15) is 9.18 Å². The summed E-state index contributed by atoms with van der Waals surface area (Å²) in [7, 11) is 0. The maximum Gasteiger partial charge on any atom is 0.261 e. The van der Waals surface area contributed by atoms with E-state index in [2.05, 4.69) is 5.32 Å². The lowest BCUT2D eigenvalue weighted by molar-refractivity contribution is -0.130. The smallest absolute Gasteiger partial charge is 0.261 e. The Kier molecular flexibility index (Phi) is 13.9. The van der Waals surface area contributed by atoms with Gasteiger partial charge in [-0.2, -0.15) is 0 Å². The van der Waals surface area contributed by atoms with Crippen LogP contribution in [0.5, 0.6) is 0 Å². The van der Waals surface area contributed by atoms with E-state index in [0.29, 0.717) is 29.4 Å². The summed E-state index contributed by atoms with van der Waals surface area (Å²) in [6.45, 7) is 5.77. The van der Waals surface area contributed by atoms with Crippen LogP contribution < -0.4 is 5.32 Å². The van der Waals surface area contributed by atoms with Crippen molar-refractivity contribution < 1.29 is 13.9 Å². The highest BCUT2D eigenvalue weighted by atomic mass is 35.5. The number of alkyl halides is 1. The number of carbonyl (C=O) groups excluding carboxylic acids is 1. The molecule has 0 aliphatic carbocycles. The average molecular weight is 390 g/mol. The molecule has 0 bridgehead atoms. The first-order valence-corrected chi connectivity index (χ1v) is 9.03. The van der Waals surface area contributed by atoms with E-state index >= 15 is 0 Å². The number of hydrogen-bond acceptors (Lipinski definition) is 2. The number of hydrogen-bond donors (Lipinski definition) is 1. The van der Waals surface area contributed by atoms with Gasteiger partial charge in [-0.3, -0.25) is 4.79 Å². The molecule has 0 aromatic heterocycles. The highest BCUT2D eigenvalue weighted by Crippen LogP contribution is 2.17. The SMILES string of the molecule is C\C=C/C(=C\C=C\F)CNC(=O)C(CCC)OC(/C=C\CCl)=C(/C)Cl. The molecule has 0 fully saturated rings. The molecule has 1 atom stereocenters. The van der Waals surface area contributed by atoms with Gasteiger partial charge in [-0.15, -0.1) is 11.6 Å². The predicted molar refractivity (Wildman–Crippen MR) is 104 cm³/mol. The number of nitrogens with one attached hydrogen (secondary N) is 1. The molecule has 0 aliphatic heterocycles. The van der Waals surface area contributed by atoms with Crippen LogP contribution in [-0.4, -0.2) is 24.4 Å². The number of ether oxygens (including phenoxy) is 1. The Morgan fingerprint density at radius 1 is 1.36 bits per heavy atom.